The number of hydrogen-bond acceptors (Lipinski definition) is 3. The van der Waals surface area contributed by atoms with Crippen LogP contribution < -0.4 is 10.5 Å². The van der Waals surface area contributed by atoms with Gasteiger partial charge >= 0.3 is 0 Å². The number of nitrogens with two attached hydrogens (primary N) is 1. The fraction of sp³-hybridized carbons (Fsp3) is 0.389. The third-order valence-electron chi connectivity index (χ3n) is 4.59. The number of likely N-dealkylation sites (tertiary alicyclic amines) is 1. The van der Waals surface area contributed by atoms with Crippen LogP contribution in [0.15, 0.2) is 36.4 Å². The summed E-state index contributed by atoms with van der Waals surface area (Å²) in [7, 11) is 1.65. The van der Waals surface area contributed by atoms with E-state index in [2.05, 4.69) is 6.92 Å². The Hall–Kier alpha value is -2.07. The molecule has 3 rings (SSSR count). The number of carbonyl (C=O) groups is 1. The van der Waals surface area contributed by atoms with Crippen molar-refractivity contribution < 1.29 is 9.53 Å². The number of hydrogen-bond donors (Lipinski definition) is 1. The molecule has 2 atom stereocenters. The highest BCUT2D eigenvalue weighted by atomic mass is 16.5. The molecule has 4 nitrogen and oxygen atoms in total. The van der Waals surface area contributed by atoms with Crippen molar-refractivity contribution in [2.45, 2.75) is 19.4 Å². The largest absolute Gasteiger partial charge is 0.496 e. The molecule has 2 N–H and O–H groups in total. The van der Waals surface area contributed by atoms with E-state index in [0.717, 1.165) is 35.1 Å². The van der Waals surface area contributed by atoms with Crippen LogP contribution in [0.25, 0.3) is 10.8 Å². The number of ether oxygens (including phenoxy) is 1. The Labute approximate surface area is 130 Å². The second-order valence-electron chi connectivity index (χ2n) is 6.00. The number of carbonyl (C=O) groups excluding carboxylic acids is 1. The summed E-state index contributed by atoms with van der Waals surface area (Å²) in [4.78, 5) is 14.9. The first-order chi connectivity index (χ1) is 10.7. The van der Waals surface area contributed by atoms with Crippen LogP contribution in [0.5, 0.6) is 5.75 Å². The van der Waals surface area contributed by atoms with Crippen LogP contribution in [0.3, 0.4) is 0 Å². The van der Waals surface area contributed by atoms with Gasteiger partial charge in [0.05, 0.1) is 7.11 Å². The van der Waals surface area contributed by atoms with Crippen molar-refractivity contribution >= 4 is 16.7 Å². The molecule has 2 aromatic rings. The lowest BCUT2D eigenvalue weighted by molar-refractivity contribution is 0.0745. The Kier molecular flexibility index (Phi) is 4.03. The predicted molar refractivity (Wildman–Crippen MR) is 88.2 cm³/mol. The normalized spacial score (nSPS) is 21.3. The Morgan fingerprint density at radius 3 is 2.64 bits per heavy atom. The summed E-state index contributed by atoms with van der Waals surface area (Å²) < 4.78 is 5.40. The average molecular weight is 298 g/mol. The van der Waals surface area contributed by atoms with E-state index >= 15 is 0 Å². The minimum absolute atomic E-state index is 0.0855. The standard InChI is InChI=1S/C18H22N2O2/c1-12-9-13(10-19)11-20(12)18(21)16-7-8-17(22-2)15-6-4-3-5-14(15)16/h3-8,12-13H,9-11,19H2,1-2H3. The van der Waals surface area contributed by atoms with Gasteiger partial charge in [0, 0.05) is 23.5 Å². The number of fused-ring (bicyclic) bond motifs is 1. The summed E-state index contributed by atoms with van der Waals surface area (Å²) in [6.45, 7) is 3.48. The molecule has 0 bridgehead atoms. The summed E-state index contributed by atoms with van der Waals surface area (Å²) >= 11 is 0. The predicted octanol–water partition coefficient (Wildman–Crippen LogP) is 2.66. The highest BCUT2D eigenvalue weighted by molar-refractivity contribution is 6.08. The van der Waals surface area contributed by atoms with E-state index < -0.39 is 0 Å². The van der Waals surface area contributed by atoms with Gasteiger partial charge in [-0.05, 0) is 43.3 Å². The minimum Gasteiger partial charge on any atom is -0.496 e. The molecule has 0 aromatic heterocycles. The maximum Gasteiger partial charge on any atom is 0.254 e. The van der Waals surface area contributed by atoms with Gasteiger partial charge in [-0.15, -0.1) is 0 Å². The molecule has 1 heterocycles. The zero-order valence-corrected chi connectivity index (χ0v) is 13.1. The van der Waals surface area contributed by atoms with Gasteiger partial charge in [-0.2, -0.15) is 0 Å². The van der Waals surface area contributed by atoms with Crippen molar-refractivity contribution in [3.8, 4) is 5.75 Å². The van der Waals surface area contributed by atoms with E-state index in [-0.39, 0.29) is 11.9 Å². The smallest absolute Gasteiger partial charge is 0.254 e. The van der Waals surface area contributed by atoms with Crippen molar-refractivity contribution in [3.05, 3.63) is 42.0 Å². The second-order valence-corrected chi connectivity index (χ2v) is 6.00. The lowest BCUT2D eigenvalue weighted by atomic mass is 10.0. The molecule has 0 radical (unpaired) electrons. The number of amides is 1. The lowest BCUT2D eigenvalue weighted by Crippen LogP contribution is -2.34. The molecule has 1 amide bonds. The van der Waals surface area contributed by atoms with Gasteiger partial charge in [-0.3, -0.25) is 4.79 Å². The number of rotatable bonds is 3. The summed E-state index contributed by atoms with van der Waals surface area (Å²) in [6.07, 6.45) is 0.982. The van der Waals surface area contributed by atoms with Crippen LogP contribution in [-0.2, 0) is 0 Å². The van der Waals surface area contributed by atoms with E-state index in [0.29, 0.717) is 12.5 Å². The van der Waals surface area contributed by atoms with E-state index in [1.165, 1.54) is 0 Å². The molecule has 4 heteroatoms. The van der Waals surface area contributed by atoms with E-state index in [9.17, 15) is 4.79 Å². The van der Waals surface area contributed by atoms with Gasteiger partial charge in [-0.1, -0.05) is 24.3 Å². The molecule has 2 aromatic carbocycles. The van der Waals surface area contributed by atoms with Gasteiger partial charge in [0.2, 0.25) is 0 Å². The van der Waals surface area contributed by atoms with Crippen LogP contribution in [-0.4, -0.2) is 37.0 Å². The van der Waals surface area contributed by atoms with Crippen molar-refractivity contribution in [1.29, 1.82) is 0 Å². The third kappa shape index (κ3) is 2.44. The van der Waals surface area contributed by atoms with Crippen molar-refractivity contribution in [2.75, 3.05) is 20.2 Å². The molecule has 1 aliphatic rings. The van der Waals surface area contributed by atoms with E-state index in [4.69, 9.17) is 10.5 Å². The van der Waals surface area contributed by atoms with Crippen LogP contribution in [0.4, 0.5) is 0 Å². The quantitative estimate of drug-likeness (QED) is 0.948. The van der Waals surface area contributed by atoms with Gasteiger partial charge < -0.3 is 15.4 Å². The Bertz CT molecular complexity index is 699. The topological polar surface area (TPSA) is 55.6 Å². The van der Waals surface area contributed by atoms with Crippen molar-refractivity contribution in [3.63, 3.8) is 0 Å². The van der Waals surface area contributed by atoms with Crippen molar-refractivity contribution in [1.82, 2.24) is 4.90 Å². The SMILES string of the molecule is COc1ccc(C(=O)N2CC(CN)CC2C)c2ccccc12. The number of methoxy groups -OCH3 is 1. The summed E-state index contributed by atoms with van der Waals surface area (Å²) in [5, 5.41) is 1.91. The van der Waals surface area contributed by atoms with Gasteiger partial charge in [-0.25, -0.2) is 0 Å². The molecule has 0 spiro atoms. The van der Waals surface area contributed by atoms with Crippen LogP contribution in [0.2, 0.25) is 0 Å². The Morgan fingerprint density at radius 2 is 2.00 bits per heavy atom. The maximum absolute atomic E-state index is 13.0. The van der Waals surface area contributed by atoms with E-state index in [1.54, 1.807) is 7.11 Å². The molecule has 22 heavy (non-hydrogen) atoms. The van der Waals surface area contributed by atoms with E-state index in [1.807, 2.05) is 41.3 Å². The first kappa shape index (κ1) is 14.9. The molecule has 0 aliphatic carbocycles. The van der Waals surface area contributed by atoms with Gasteiger partial charge in [0.15, 0.2) is 0 Å². The molecule has 116 valence electrons. The number of benzene rings is 2. The molecule has 1 saturated heterocycles. The first-order valence-corrected chi connectivity index (χ1v) is 7.72. The molecule has 0 saturated carbocycles. The first-order valence-electron chi connectivity index (χ1n) is 7.72. The Morgan fingerprint density at radius 1 is 1.27 bits per heavy atom. The Balaban J connectivity index is 2.02. The lowest BCUT2D eigenvalue weighted by Gasteiger charge is -2.22. The van der Waals surface area contributed by atoms with Gasteiger partial charge in [0.1, 0.15) is 5.75 Å². The molecule has 1 fully saturated rings. The molecule has 2 unspecified atom stereocenters. The van der Waals surface area contributed by atoms with Gasteiger partial charge in [0.25, 0.3) is 5.91 Å². The fourth-order valence-electron chi connectivity index (χ4n) is 3.39. The zero-order valence-electron chi connectivity index (χ0n) is 13.1. The minimum atomic E-state index is 0.0855. The zero-order chi connectivity index (χ0) is 15.7. The summed E-state index contributed by atoms with van der Waals surface area (Å²) in [5.74, 6) is 1.28. The third-order valence-corrected chi connectivity index (χ3v) is 4.59. The maximum atomic E-state index is 13.0. The monoisotopic (exact) mass is 298 g/mol. The molecular formula is C18H22N2O2. The molecular weight excluding hydrogens is 276 g/mol. The summed E-state index contributed by atoms with van der Waals surface area (Å²) in [6, 6.07) is 11.9. The van der Waals surface area contributed by atoms with Crippen LogP contribution in [0, 0.1) is 5.92 Å². The number of nitrogens with zero attached hydrogens (tertiary/aromatic N) is 1. The summed E-state index contributed by atoms with van der Waals surface area (Å²) in [5.41, 5.74) is 6.51. The molecule has 1 aliphatic heterocycles. The fourth-order valence-corrected chi connectivity index (χ4v) is 3.39. The average Bonchev–Trinajstić information content (AvgIpc) is 2.94. The highest BCUT2D eigenvalue weighted by Crippen LogP contribution is 2.31. The highest BCUT2D eigenvalue weighted by Gasteiger charge is 2.32. The van der Waals surface area contributed by atoms with Crippen LogP contribution in [0.1, 0.15) is 23.7 Å². The second kappa shape index (κ2) is 5.97. The van der Waals surface area contributed by atoms with Crippen molar-refractivity contribution in [2.24, 2.45) is 11.7 Å². The van der Waals surface area contributed by atoms with Crippen LogP contribution >= 0.6 is 0 Å².